The molecular formula is C13H22N4O. The first-order valence-corrected chi connectivity index (χ1v) is 6.75. The Morgan fingerprint density at radius 3 is 3.06 bits per heavy atom. The lowest BCUT2D eigenvalue weighted by Gasteiger charge is -2.28. The summed E-state index contributed by atoms with van der Waals surface area (Å²) >= 11 is 0. The lowest BCUT2D eigenvalue weighted by Crippen LogP contribution is -2.37. The number of aromatic nitrogens is 2. The van der Waals surface area contributed by atoms with Gasteiger partial charge in [-0.1, -0.05) is 12.8 Å². The lowest BCUT2D eigenvalue weighted by atomic mass is 9.85. The van der Waals surface area contributed by atoms with E-state index in [-0.39, 0.29) is 0 Å². The van der Waals surface area contributed by atoms with E-state index in [9.17, 15) is 0 Å². The van der Waals surface area contributed by atoms with Gasteiger partial charge in [-0.3, -0.25) is 0 Å². The fourth-order valence-corrected chi connectivity index (χ4v) is 2.37. The van der Waals surface area contributed by atoms with Crippen LogP contribution in [0.15, 0.2) is 12.3 Å². The lowest BCUT2D eigenvalue weighted by molar-refractivity contribution is 0.319. The van der Waals surface area contributed by atoms with E-state index in [0.29, 0.717) is 30.4 Å². The molecule has 18 heavy (non-hydrogen) atoms. The van der Waals surface area contributed by atoms with Gasteiger partial charge in [0.05, 0.1) is 6.61 Å². The second kappa shape index (κ2) is 6.54. The molecule has 1 aromatic heterocycles. The van der Waals surface area contributed by atoms with Crippen molar-refractivity contribution < 1.29 is 4.74 Å². The van der Waals surface area contributed by atoms with Gasteiger partial charge in [-0.2, -0.15) is 4.98 Å². The summed E-state index contributed by atoms with van der Waals surface area (Å²) in [5.74, 6) is 1.76. The van der Waals surface area contributed by atoms with E-state index in [1.807, 2.05) is 6.92 Å². The predicted octanol–water partition coefficient (Wildman–Crippen LogP) is 1.80. The maximum absolute atomic E-state index is 6.12. The molecule has 1 aromatic rings. The zero-order valence-corrected chi connectivity index (χ0v) is 10.9. The Morgan fingerprint density at radius 2 is 2.28 bits per heavy atom. The Balaban J connectivity index is 1.87. The standard InChI is InChI=1S/C13H22N4O/c1-2-18-12-7-8-15-13(17-12)16-9-10-5-3-4-6-11(10)14/h7-8,10-11H,2-6,9,14H2,1H3,(H,15,16,17). The van der Waals surface area contributed by atoms with Crippen LogP contribution in [0.25, 0.3) is 0 Å². The van der Waals surface area contributed by atoms with Crippen LogP contribution in [0.4, 0.5) is 5.95 Å². The molecule has 2 unspecified atom stereocenters. The SMILES string of the molecule is CCOc1ccnc(NCC2CCCCC2N)n1. The van der Waals surface area contributed by atoms with Gasteiger partial charge >= 0.3 is 0 Å². The van der Waals surface area contributed by atoms with Crippen molar-refractivity contribution in [3.05, 3.63) is 12.3 Å². The molecule has 0 spiro atoms. The molecule has 0 aromatic carbocycles. The molecule has 0 amide bonds. The first-order valence-electron chi connectivity index (χ1n) is 6.75. The molecule has 1 heterocycles. The van der Waals surface area contributed by atoms with Crippen LogP contribution in [0.1, 0.15) is 32.6 Å². The zero-order valence-electron chi connectivity index (χ0n) is 10.9. The Bertz CT molecular complexity index is 372. The smallest absolute Gasteiger partial charge is 0.225 e. The molecule has 100 valence electrons. The van der Waals surface area contributed by atoms with E-state index in [4.69, 9.17) is 10.5 Å². The molecular weight excluding hydrogens is 228 g/mol. The third-order valence-electron chi connectivity index (χ3n) is 3.41. The number of hydrogen-bond acceptors (Lipinski definition) is 5. The van der Waals surface area contributed by atoms with Crippen LogP contribution in [0, 0.1) is 5.92 Å². The topological polar surface area (TPSA) is 73.1 Å². The Labute approximate surface area is 108 Å². The molecule has 2 rings (SSSR count). The molecule has 0 bridgehead atoms. The van der Waals surface area contributed by atoms with Crippen molar-refractivity contribution in [1.82, 2.24) is 9.97 Å². The number of ether oxygens (including phenoxy) is 1. The Morgan fingerprint density at radius 1 is 1.44 bits per heavy atom. The summed E-state index contributed by atoms with van der Waals surface area (Å²) in [5, 5.41) is 3.26. The summed E-state index contributed by atoms with van der Waals surface area (Å²) in [4.78, 5) is 8.47. The molecule has 1 fully saturated rings. The van der Waals surface area contributed by atoms with Crippen LogP contribution in [0.2, 0.25) is 0 Å². The highest BCUT2D eigenvalue weighted by atomic mass is 16.5. The van der Waals surface area contributed by atoms with Crippen LogP contribution in [-0.4, -0.2) is 29.2 Å². The van der Waals surface area contributed by atoms with Crippen molar-refractivity contribution in [2.75, 3.05) is 18.5 Å². The third-order valence-corrected chi connectivity index (χ3v) is 3.41. The highest BCUT2D eigenvalue weighted by molar-refractivity contribution is 5.27. The zero-order chi connectivity index (χ0) is 12.8. The minimum atomic E-state index is 0.307. The fourth-order valence-electron chi connectivity index (χ4n) is 2.37. The van der Waals surface area contributed by atoms with Gasteiger partial charge in [-0.05, 0) is 25.7 Å². The van der Waals surface area contributed by atoms with Gasteiger partial charge in [0.1, 0.15) is 0 Å². The average Bonchev–Trinajstić information content (AvgIpc) is 2.39. The molecule has 1 saturated carbocycles. The van der Waals surface area contributed by atoms with E-state index in [1.54, 1.807) is 12.3 Å². The van der Waals surface area contributed by atoms with Gasteiger partial charge in [0.2, 0.25) is 11.8 Å². The van der Waals surface area contributed by atoms with Crippen molar-refractivity contribution in [2.45, 2.75) is 38.6 Å². The van der Waals surface area contributed by atoms with Crippen molar-refractivity contribution in [2.24, 2.45) is 11.7 Å². The van der Waals surface area contributed by atoms with Crippen molar-refractivity contribution in [3.63, 3.8) is 0 Å². The summed E-state index contributed by atoms with van der Waals surface area (Å²) in [7, 11) is 0. The number of hydrogen-bond donors (Lipinski definition) is 2. The molecule has 3 N–H and O–H groups in total. The molecule has 5 heteroatoms. The van der Waals surface area contributed by atoms with E-state index < -0.39 is 0 Å². The van der Waals surface area contributed by atoms with Gasteiger partial charge in [-0.15, -0.1) is 0 Å². The van der Waals surface area contributed by atoms with Crippen molar-refractivity contribution >= 4 is 5.95 Å². The minimum absolute atomic E-state index is 0.307. The molecule has 0 radical (unpaired) electrons. The highest BCUT2D eigenvalue weighted by Gasteiger charge is 2.21. The average molecular weight is 250 g/mol. The van der Waals surface area contributed by atoms with Crippen LogP contribution >= 0.6 is 0 Å². The largest absolute Gasteiger partial charge is 0.478 e. The quantitative estimate of drug-likeness (QED) is 0.833. The first kappa shape index (κ1) is 13.1. The second-order valence-electron chi connectivity index (χ2n) is 4.74. The van der Waals surface area contributed by atoms with Gasteiger partial charge in [0.15, 0.2) is 0 Å². The van der Waals surface area contributed by atoms with Gasteiger partial charge in [0.25, 0.3) is 0 Å². The maximum atomic E-state index is 6.12. The predicted molar refractivity (Wildman–Crippen MR) is 71.6 cm³/mol. The Hall–Kier alpha value is -1.36. The van der Waals surface area contributed by atoms with Crippen molar-refractivity contribution in [1.29, 1.82) is 0 Å². The van der Waals surface area contributed by atoms with Crippen LogP contribution in [0.5, 0.6) is 5.88 Å². The number of rotatable bonds is 5. The normalized spacial score (nSPS) is 23.7. The summed E-state index contributed by atoms with van der Waals surface area (Å²) in [5.41, 5.74) is 6.12. The van der Waals surface area contributed by atoms with Gasteiger partial charge in [0, 0.05) is 24.8 Å². The van der Waals surface area contributed by atoms with Crippen LogP contribution < -0.4 is 15.8 Å². The number of nitrogens with zero attached hydrogens (tertiary/aromatic N) is 2. The molecule has 2 atom stereocenters. The monoisotopic (exact) mass is 250 g/mol. The van der Waals surface area contributed by atoms with Crippen LogP contribution in [-0.2, 0) is 0 Å². The fraction of sp³-hybridized carbons (Fsp3) is 0.692. The van der Waals surface area contributed by atoms with E-state index in [0.717, 1.165) is 13.0 Å². The summed E-state index contributed by atoms with van der Waals surface area (Å²) in [6.07, 6.45) is 6.57. The summed E-state index contributed by atoms with van der Waals surface area (Å²) < 4.78 is 5.34. The molecule has 0 aliphatic heterocycles. The van der Waals surface area contributed by atoms with E-state index >= 15 is 0 Å². The minimum Gasteiger partial charge on any atom is -0.478 e. The van der Waals surface area contributed by atoms with E-state index in [1.165, 1.54) is 19.3 Å². The molecule has 1 aliphatic rings. The van der Waals surface area contributed by atoms with E-state index in [2.05, 4.69) is 15.3 Å². The second-order valence-corrected chi connectivity index (χ2v) is 4.74. The molecule has 5 nitrogen and oxygen atoms in total. The van der Waals surface area contributed by atoms with Crippen molar-refractivity contribution in [3.8, 4) is 5.88 Å². The number of anilines is 1. The van der Waals surface area contributed by atoms with Gasteiger partial charge in [-0.25, -0.2) is 4.98 Å². The van der Waals surface area contributed by atoms with Gasteiger partial charge < -0.3 is 15.8 Å². The van der Waals surface area contributed by atoms with Crippen LogP contribution in [0.3, 0.4) is 0 Å². The summed E-state index contributed by atoms with van der Waals surface area (Å²) in [6.45, 7) is 3.40. The number of nitrogens with one attached hydrogen (secondary N) is 1. The summed E-state index contributed by atoms with van der Waals surface area (Å²) in [6, 6.07) is 2.07. The maximum Gasteiger partial charge on any atom is 0.225 e. The molecule has 1 aliphatic carbocycles. The Kier molecular flexibility index (Phi) is 4.75. The highest BCUT2D eigenvalue weighted by Crippen LogP contribution is 2.23. The molecule has 0 saturated heterocycles. The first-order chi connectivity index (χ1) is 8.79. The third kappa shape index (κ3) is 3.57. The number of nitrogens with two attached hydrogens (primary N) is 1.